The van der Waals surface area contributed by atoms with Gasteiger partial charge in [-0.2, -0.15) is 0 Å². The van der Waals surface area contributed by atoms with Gasteiger partial charge in [0.15, 0.2) is 0 Å². The first kappa shape index (κ1) is 20.5. The highest BCUT2D eigenvalue weighted by atomic mass is 32.2. The van der Waals surface area contributed by atoms with Gasteiger partial charge in [-0.1, -0.05) is 18.2 Å². The monoisotopic (exact) mass is 438 g/mol. The maximum absolute atomic E-state index is 13.9. The van der Waals surface area contributed by atoms with E-state index in [-0.39, 0.29) is 22.7 Å². The minimum absolute atomic E-state index is 0.0130. The second kappa shape index (κ2) is 8.19. The summed E-state index contributed by atoms with van der Waals surface area (Å²) in [4.78, 5) is 36.6. The number of furan rings is 1. The third-order valence-corrected chi connectivity index (χ3v) is 5.65. The quantitative estimate of drug-likeness (QED) is 0.295. The van der Waals surface area contributed by atoms with Gasteiger partial charge in [0.1, 0.15) is 17.3 Å². The molecule has 2 amide bonds. The number of benzene rings is 2. The molecule has 4 rings (SSSR count). The first-order valence-electron chi connectivity index (χ1n) is 9.17. The van der Waals surface area contributed by atoms with E-state index in [2.05, 4.69) is 0 Å². The largest absolute Gasteiger partial charge is 0.457 e. The molecule has 0 atom stereocenters. The van der Waals surface area contributed by atoms with Crippen molar-refractivity contribution in [3.63, 3.8) is 0 Å². The van der Waals surface area contributed by atoms with Crippen LogP contribution in [0.3, 0.4) is 0 Å². The second-order valence-electron chi connectivity index (χ2n) is 6.82. The van der Waals surface area contributed by atoms with Crippen molar-refractivity contribution in [1.29, 1.82) is 0 Å². The van der Waals surface area contributed by atoms with E-state index in [9.17, 15) is 24.1 Å². The van der Waals surface area contributed by atoms with E-state index in [0.29, 0.717) is 22.6 Å². The number of nitro groups is 1. The molecule has 0 spiro atoms. The minimum Gasteiger partial charge on any atom is -0.457 e. The Bertz CT molecular complexity index is 1250. The summed E-state index contributed by atoms with van der Waals surface area (Å²) >= 11 is 0.756. The van der Waals surface area contributed by atoms with Crippen LogP contribution in [-0.2, 0) is 11.3 Å². The average Bonchev–Trinajstić information content (AvgIpc) is 3.29. The van der Waals surface area contributed by atoms with Gasteiger partial charge in [0.05, 0.1) is 16.4 Å². The number of thioether (sulfide) groups is 1. The van der Waals surface area contributed by atoms with Crippen LogP contribution in [0.15, 0.2) is 63.9 Å². The molecular weight excluding hydrogens is 423 g/mol. The third kappa shape index (κ3) is 4.13. The van der Waals surface area contributed by atoms with E-state index in [1.807, 2.05) is 0 Å². The van der Waals surface area contributed by atoms with E-state index >= 15 is 0 Å². The van der Waals surface area contributed by atoms with E-state index < -0.39 is 21.9 Å². The number of hydrogen-bond donors (Lipinski definition) is 0. The van der Waals surface area contributed by atoms with E-state index in [1.54, 1.807) is 37.3 Å². The summed E-state index contributed by atoms with van der Waals surface area (Å²) in [6.45, 7) is 1.48. The van der Waals surface area contributed by atoms with Crippen LogP contribution in [0.2, 0.25) is 0 Å². The first-order chi connectivity index (χ1) is 14.8. The number of nitrogens with zero attached hydrogens (tertiary/aromatic N) is 2. The SMILES string of the molecule is Cc1cc(-c2ccc(/C=C3\SC(=O)N(Cc4ccccc4F)C3=O)o2)ccc1[N+](=O)[O-]. The molecule has 0 saturated carbocycles. The van der Waals surface area contributed by atoms with E-state index in [0.717, 1.165) is 16.7 Å². The summed E-state index contributed by atoms with van der Waals surface area (Å²) in [5.74, 6) is -0.195. The van der Waals surface area contributed by atoms with E-state index in [1.165, 1.54) is 30.3 Å². The van der Waals surface area contributed by atoms with E-state index in [4.69, 9.17) is 4.42 Å². The minimum atomic E-state index is -0.526. The van der Waals surface area contributed by atoms with Gasteiger partial charge in [-0.15, -0.1) is 0 Å². The van der Waals surface area contributed by atoms with Crippen LogP contribution in [-0.4, -0.2) is 21.0 Å². The Hall–Kier alpha value is -3.72. The molecule has 1 aliphatic heterocycles. The van der Waals surface area contributed by atoms with Crippen molar-refractivity contribution in [2.24, 2.45) is 0 Å². The highest BCUT2D eigenvalue weighted by Gasteiger charge is 2.35. The van der Waals surface area contributed by atoms with Gasteiger partial charge in [-0.05, 0) is 49.0 Å². The number of amides is 2. The molecule has 1 fully saturated rings. The van der Waals surface area contributed by atoms with Crippen LogP contribution < -0.4 is 0 Å². The Morgan fingerprint density at radius 2 is 1.94 bits per heavy atom. The van der Waals surface area contributed by atoms with Crippen LogP contribution in [0.1, 0.15) is 16.9 Å². The number of halogens is 1. The van der Waals surface area contributed by atoms with Crippen molar-refractivity contribution in [2.45, 2.75) is 13.5 Å². The number of hydrogen-bond acceptors (Lipinski definition) is 6. The molecule has 7 nitrogen and oxygen atoms in total. The molecule has 0 radical (unpaired) electrons. The van der Waals surface area contributed by atoms with Gasteiger partial charge in [-0.25, -0.2) is 4.39 Å². The fraction of sp³-hybridized carbons (Fsp3) is 0.0909. The summed E-state index contributed by atoms with van der Waals surface area (Å²) in [7, 11) is 0. The molecular formula is C22H15FN2O5S. The fourth-order valence-corrected chi connectivity index (χ4v) is 3.98. The predicted octanol–water partition coefficient (Wildman–Crippen LogP) is 5.54. The van der Waals surface area contributed by atoms with Crippen molar-refractivity contribution in [3.8, 4) is 11.3 Å². The lowest BCUT2D eigenvalue weighted by Gasteiger charge is -2.12. The van der Waals surface area contributed by atoms with Gasteiger partial charge in [-0.3, -0.25) is 24.6 Å². The third-order valence-electron chi connectivity index (χ3n) is 4.74. The number of carbonyl (C=O) groups is 2. The zero-order valence-electron chi connectivity index (χ0n) is 16.2. The molecule has 0 bridgehead atoms. The molecule has 31 heavy (non-hydrogen) atoms. The van der Waals surface area contributed by atoms with Crippen LogP contribution in [0, 0.1) is 22.9 Å². The molecule has 2 heterocycles. The summed E-state index contributed by atoms with van der Waals surface area (Å²) in [6, 6.07) is 13.9. The zero-order valence-corrected chi connectivity index (χ0v) is 17.0. The highest BCUT2D eigenvalue weighted by molar-refractivity contribution is 8.18. The zero-order chi connectivity index (χ0) is 22.1. The Balaban J connectivity index is 1.55. The van der Waals surface area contributed by atoms with Crippen LogP contribution in [0.25, 0.3) is 17.4 Å². The summed E-state index contributed by atoms with van der Waals surface area (Å²) in [5.41, 5.74) is 1.41. The van der Waals surface area contributed by atoms with Gasteiger partial charge in [0.2, 0.25) is 0 Å². The second-order valence-corrected chi connectivity index (χ2v) is 7.81. The molecule has 0 aliphatic carbocycles. The van der Waals surface area contributed by atoms with Gasteiger partial charge in [0, 0.05) is 28.8 Å². The van der Waals surface area contributed by atoms with Gasteiger partial charge in [0.25, 0.3) is 16.8 Å². The number of nitro benzene ring substituents is 1. The number of aryl methyl sites for hydroxylation is 1. The molecule has 1 aromatic heterocycles. The molecule has 9 heteroatoms. The molecule has 0 N–H and O–H groups in total. The van der Waals surface area contributed by atoms with Crippen molar-refractivity contribution in [3.05, 3.63) is 92.3 Å². The van der Waals surface area contributed by atoms with Gasteiger partial charge < -0.3 is 4.42 Å². The molecule has 1 aliphatic rings. The summed E-state index contributed by atoms with van der Waals surface area (Å²) in [5, 5.41) is 10.5. The fourth-order valence-electron chi connectivity index (χ4n) is 3.16. The lowest BCUT2D eigenvalue weighted by molar-refractivity contribution is -0.385. The Labute approximate surface area is 180 Å². The van der Waals surface area contributed by atoms with Crippen LogP contribution in [0.5, 0.6) is 0 Å². The maximum Gasteiger partial charge on any atom is 0.293 e. The maximum atomic E-state index is 13.9. The average molecular weight is 438 g/mol. The Morgan fingerprint density at radius 3 is 2.65 bits per heavy atom. The number of imide groups is 1. The molecule has 3 aromatic rings. The molecule has 0 unspecified atom stereocenters. The molecule has 1 saturated heterocycles. The highest BCUT2D eigenvalue weighted by Crippen LogP contribution is 2.35. The Kier molecular flexibility index (Phi) is 5.43. The summed E-state index contributed by atoms with van der Waals surface area (Å²) in [6.07, 6.45) is 1.45. The predicted molar refractivity (Wildman–Crippen MR) is 113 cm³/mol. The molecule has 2 aromatic carbocycles. The smallest absolute Gasteiger partial charge is 0.293 e. The topological polar surface area (TPSA) is 93.7 Å². The number of carbonyl (C=O) groups excluding carboxylic acids is 2. The normalized spacial score (nSPS) is 15.2. The summed E-state index contributed by atoms with van der Waals surface area (Å²) < 4.78 is 19.6. The lowest BCUT2D eigenvalue weighted by Crippen LogP contribution is -2.27. The van der Waals surface area contributed by atoms with Crippen molar-refractivity contribution < 1.29 is 23.3 Å². The molecule has 156 valence electrons. The first-order valence-corrected chi connectivity index (χ1v) is 9.99. The van der Waals surface area contributed by atoms with Crippen molar-refractivity contribution in [2.75, 3.05) is 0 Å². The van der Waals surface area contributed by atoms with Crippen LogP contribution in [0.4, 0.5) is 14.9 Å². The Morgan fingerprint density at radius 1 is 1.16 bits per heavy atom. The van der Waals surface area contributed by atoms with Crippen LogP contribution >= 0.6 is 11.8 Å². The van der Waals surface area contributed by atoms with Crippen molar-refractivity contribution in [1.82, 2.24) is 4.90 Å². The lowest BCUT2D eigenvalue weighted by atomic mass is 10.1. The van der Waals surface area contributed by atoms with Gasteiger partial charge >= 0.3 is 0 Å². The number of rotatable bonds is 5. The standard InChI is InChI=1S/C22H15FN2O5S/c1-13-10-14(6-8-18(13)25(28)29)19-9-7-16(30-19)11-20-21(26)24(22(27)31-20)12-15-4-2-3-5-17(15)23/h2-11H,12H2,1H3/b20-11-. The van der Waals surface area contributed by atoms with Crippen molar-refractivity contribution >= 4 is 34.7 Å².